The van der Waals surface area contributed by atoms with E-state index in [1.807, 2.05) is 19.6 Å². The lowest BCUT2D eigenvalue weighted by molar-refractivity contribution is -0.137. The highest BCUT2D eigenvalue weighted by atomic mass is 19.4. The quantitative estimate of drug-likeness (QED) is 0.268. The minimum Gasteiger partial charge on any atom is -0.412 e. The summed E-state index contributed by atoms with van der Waals surface area (Å²) >= 11 is 0. The monoisotopic (exact) mass is 838 g/mol. The van der Waals surface area contributed by atoms with Crippen molar-refractivity contribution in [2.75, 3.05) is 136 Å². The summed E-state index contributed by atoms with van der Waals surface area (Å²) in [6.07, 6.45) is -6.94. The van der Waals surface area contributed by atoms with Crippen molar-refractivity contribution in [3.05, 3.63) is 47.8 Å². The number of ether oxygens (including phenoxy) is 4. The summed E-state index contributed by atoms with van der Waals surface area (Å²) in [6, 6.07) is 4.80. The van der Waals surface area contributed by atoms with Crippen molar-refractivity contribution in [2.24, 2.45) is 0 Å². The zero-order valence-corrected chi connectivity index (χ0v) is 31.8. The third kappa shape index (κ3) is 10.6. The summed E-state index contributed by atoms with van der Waals surface area (Å²) in [4.78, 5) is 33.6. The van der Waals surface area contributed by atoms with Crippen LogP contribution in [0.3, 0.4) is 0 Å². The predicted octanol–water partition coefficient (Wildman–Crippen LogP) is 2.80. The van der Waals surface area contributed by atoms with Crippen LogP contribution in [0, 0.1) is 0 Å². The Morgan fingerprint density at radius 2 is 0.763 bits per heavy atom. The Balaban J connectivity index is 0.000000195. The van der Waals surface area contributed by atoms with E-state index in [4.69, 9.17) is 30.4 Å². The number of hydrogen-bond donors (Lipinski definition) is 2. The summed E-state index contributed by atoms with van der Waals surface area (Å²) in [5.41, 5.74) is 9.33. The van der Waals surface area contributed by atoms with Crippen LogP contribution < -0.4 is 31.1 Å². The second kappa shape index (κ2) is 18.7. The van der Waals surface area contributed by atoms with Crippen LogP contribution in [0.25, 0.3) is 22.5 Å². The van der Waals surface area contributed by atoms with Crippen LogP contribution in [0.4, 0.5) is 61.5 Å². The van der Waals surface area contributed by atoms with Gasteiger partial charge in [0.2, 0.25) is 11.9 Å². The molecule has 0 atom stereocenters. The number of hydrogen-bond acceptors (Lipinski definition) is 16. The van der Waals surface area contributed by atoms with Crippen LogP contribution >= 0.6 is 0 Å². The molecule has 17 nitrogen and oxygen atoms in total. The summed E-state index contributed by atoms with van der Waals surface area (Å²) in [5.74, 6) is 1.47. The molecule has 0 saturated carbocycles. The molecule has 4 fully saturated rings. The maximum Gasteiger partial charge on any atom is 0.417 e. The highest BCUT2D eigenvalue weighted by Gasteiger charge is 2.37. The molecule has 4 aliphatic rings. The molecule has 0 spiro atoms. The number of nitrogens with zero attached hydrogens (tertiary/aromatic N) is 10. The van der Waals surface area contributed by atoms with Crippen molar-refractivity contribution >= 4 is 35.2 Å². The van der Waals surface area contributed by atoms with Crippen LogP contribution in [0.15, 0.2) is 36.7 Å². The predicted molar refractivity (Wildman–Crippen MR) is 205 cm³/mol. The molecule has 0 unspecified atom stereocenters. The molecule has 4 aromatic rings. The van der Waals surface area contributed by atoms with Crippen molar-refractivity contribution in [1.29, 1.82) is 0 Å². The van der Waals surface area contributed by atoms with Gasteiger partial charge in [0.15, 0.2) is 0 Å². The number of rotatable bonds is 6. The Bertz CT molecular complexity index is 1810. The maximum absolute atomic E-state index is 13.6. The molecule has 23 heteroatoms. The van der Waals surface area contributed by atoms with Crippen LogP contribution in [0.2, 0.25) is 0 Å². The SMILES string of the molecule is Nc1cc(C(F)(F)F)c(-c2cc(N3CCOCC3)nc(N3CCOCC3)n2)cn1.Nc1cc(C(F)(F)F)c(-c2cc(N3CCOCC3)nc(N3CCOCC3)n2)cn1.O. The smallest absolute Gasteiger partial charge is 0.412 e. The van der Waals surface area contributed by atoms with Gasteiger partial charge in [0, 0.05) is 88.0 Å². The number of morpholine rings is 4. The van der Waals surface area contributed by atoms with E-state index in [1.165, 1.54) is 0 Å². The first-order valence-electron chi connectivity index (χ1n) is 18.6. The van der Waals surface area contributed by atoms with Gasteiger partial charge in [0.05, 0.1) is 75.4 Å². The van der Waals surface area contributed by atoms with Crippen LogP contribution in [0.5, 0.6) is 0 Å². The second-order valence-corrected chi connectivity index (χ2v) is 13.5. The average Bonchev–Trinajstić information content (AvgIpc) is 3.24. The van der Waals surface area contributed by atoms with Gasteiger partial charge in [-0.3, -0.25) is 0 Å². The van der Waals surface area contributed by atoms with Gasteiger partial charge in [-0.2, -0.15) is 36.3 Å². The van der Waals surface area contributed by atoms with E-state index >= 15 is 0 Å². The van der Waals surface area contributed by atoms with Crippen molar-refractivity contribution in [2.45, 2.75) is 12.4 Å². The molecule has 8 heterocycles. The number of nitrogens with two attached hydrogens (primary N) is 2. The van der Waals surface area contributed by atoms with E-state index in [9.17, 15) is 26.3 Å². The minimum absolute atomic E-state index is 0. The fourth-order valence-electron chi connectivity index (χ4n) is 6.66. The third-order valence-electron chi connectivity index (χ3n) is 9.67. The Morgan fingerprint density at radius 3 is 1.07 bits per heavy atom. The van der Waals surface area contributed by atoms with E-state index in [0.29, 0.717) is 129 Å². The lowest BCUT2D eigenvalue weighted by Gasteiger charge is -2.31. The van der Waals surface area contributed by atoms with E-state index in [1.54, 1.807) is 12.1 Å². The van der Waals surface area contributed by atoms with E-state index in [-0.39, 0.29) is 39.6 Å². The summed E-state index contributed by atoms with van der Waals surface area (Å²) in [7, 11) is 0. The summed E-state index contributed by atoms with van der Waals surface area (Å²) < 4.78 is 103. The first-order valence-corrected chi connectivity index (χ1v) is 18.6. The van der Waals surface area contributed by atoms with Crippen LogP contribution in [0.1, 0.15) is 11.1 Å². The topological polar surface area (TPSA) is 211 Å². The molecule has 320 valence electrons. The summed E-state index contributed by atoms with van der Waals surface area (Å²) in [6.45, 7) is 8.85. The highest BCUT2D eigenvalue weighted by molar-refractivity contribution is 5.71. The molecule has 4 aliphatic heterocycles. The van der Waals surface area contributed by atoms with Gasteiger partial charge >= 0.3 is 12.4 Å². The molecular formula is C36H44F6N12O5. The molecule has 4 aromatic heterocycles. The maximum atomic E-state index is 13.6. The van der Waals surface area contributed by atoms with Crippen molar-refractivity contribution < 1.29 is 50.8 Å². The van der Waals surface area contributed by atoms with Gasteiger partial charge in [-0.15, -0.1) is 0 Å². The van der Waals surface area contributed by atoms with Crippen molar-refractivity contribution in [1.82, 2.24) is 29.9 Å². The lowest BCUT2D eigenvalue weighted by atomic mass is 10.1. The summed E-state index contributed by atoms with van der Waals surface area (Å²) in [5, 5.41) is 0. The fraction of sp³-hybridized carbons (Fsp3) is 0.500. The first-order chi connectivity index (χ1) is 27.8. The van der Waals surface area contributed by atoms with Gasteiger partial charge < -0.3 is 55.5 Å². The van der Waals surface area contributed by atoms with E-state index in [0.717, 1.165) is 24.5 Å². The fourth-order valence-corrected chi connectivity index (χ4v) is 6.66. The van der Waals surface area contributed by atoms with Gasteiger partial charge in [-0.25, -0.2) is 19.9 Å². The number of nitrogen functional groups attached to an aromatic ring is 2. The molecule has 6 N–H and O–H groups in total. The number of halogens is 6. The molecule has 8 rings (SSSR count). The standard InChI is InChI=1S/2C18H21F3N6O2.H2O/c2*19-18(20,21)13-9-15(22)23-11-12(13)14-10-16(26-1-5-28-6-2-26)25-17(24-14)27-3-7-29-8-4-27;/h2*9-11H,1-8H2,(H2,22,23);1H2. The Morgan fingerprint density at radius 1 is 0.458 bits per heavy atom. The third-order valence-corrected chi connectivity index (χ3v) is 9.67. The van der Waals surface area contributed by atoms with E-state index < -0.39 is 23.5 Å². The highest BCUT2D eigenvalue weighted by Crippen LogP contribution is 2.40. The first kappa shape index (κ1) is 43.2. The number of aromatic nitrogens is 6. The molecule has 0 amide bonds. The molecule has 0 bridgehead atoms. The van der Waals surface area contributed by atoms with Gasteiger partial charge in [0.25, 0.3) is 0 Å². The van der Waals surface area contributed by atoms with Crippen molar-refractivity contribution in [3.63, 3.8) is 0 Å². The Kier molecular flexibility index (Phi) is 13.7. The molecule has 0 aliphatic carbocycles. The second-order valence-electron chi connectivity index (χ2n) is 13.5. The average molecular weight is 839 g/mol. The lowest BCUT2D eigenvalue weighted by Crippen LogP contribution is -2.39. The molecular weight excluding hydrogens is 794 g/mol. The minimum atomic E-state index is -4.59. The van der Waals surface area contributed by atoms with Gasteiger partial charge in [-0.1, -0.05) is 0 Å². The van der Waals surface area contributed by atoms with Gasteiger partial charge in [-0.05, 0) is 12.1 Å². The van der Waals surface area contributed by atoms with Crippen LogP contribution in [-0.4, -0.2) is 141 Å². The normalized spacial score (nSPS) is 17.9. The largest absolute Gasteiger partial charge is 0.417 e. The molecule has 4 saturated heterocycles. The van der Waals surface area contributed by atoms with Crippen LogP contribution in [-0.2, 0) is 31.3 Å². The molecule has 59 heavy (non-hydrogen) atoms. The number of alkyl halides is 6. The Hall–Kier alpha value is -5.36. The zero-order chi connectivity index (χ0) is 40.9. The van der Waals surface area contributed by atoms with Gasteiger partial charge in [0.1, 0.15) is 23.3 Å². The number of pyridine rings is 2. The molecule has 0 aromatic carbocycles. The zero-order valence-electron chi connectivity index (χ0n) is 31.8. The van der Waals surface area contributed by atoms with Crippen molar-refractivity contribution in [3.8, 4) is 22.5 Å². The Labute approximate surface area is 334 Å². The van der Waals surface area contributed by atoms with E-state index in [2.05, 4.69) is 29.9 Å². The molecule has 0 radical (unpaired) electrons. The number of anilines is 6.